The molecule has 1 aliphatic rings. The van der Waals surface area contributed by atoms with Crippen molar-refractivity contribution in [3.8, 4) is 0 Å². The van der Waals surface area contributed by atoms with Crippen LogP contribution in [0.3, 0.4) is 0 Å². The Balaban J connectivity index is 2.14. The van der Waals surface area contributed by atoms with Crippen LogP contribution in [0, 0.1) is 6.92 Å². The number of hydrogen-bond acceptors (Lipinski definition) is 0. The molecule has 0 radical (unpaired) electrons. The standard InChI is InChI=1S/C13H18/c1-11-6-5-9-13(10-11)12-7-3-2-4-8-12/h5-6,9-10,12H,2-4,7-8H2,1H3. The predicted octanol–water partition coefficient (Wildman–Crippen LogP) is 4.04. The second-order valence-corrected chi connectivity index (χ2v) is 4.25. The molecule has 0 heterocycles. The van der Waals surface area contributed by atoms with Gasteiger partial charge in [-0.05, 0) is 31.2 Å². The van der Waals surface area contributed by atoms with Crippen molar-refractivity contribution in [3.63, 3.8) is 0 Å². The summed E-state index contributed by atoms with van der Waals surface area (Å²) < 4.78 is 0. The van der Waals surface area contributed by atoms with Gasteiger partial charge in [-0.1, -0.05) is 49.1 Å². The van der Waals surface area contributed by atoms with E-state index in [1.807, 2.05) is 0 Å². The fraction of sp³-hybridized carbons (Fsp3) is 0.538. The molecule has 1 saturated carbocycles. The first-order valence-electron chi connectivity index (χ1n) is 5.43. The van der Waals surface area contributed by atoms with Crippen molar-refractivity contribution in [2.45, 2.75) is 44.9 Å². The van der Waals surface area contributed by atoms with Gasteiger partial charge < -0.3 is 0 Å². The predicted molar refractivity (Wildman–Crippen MR) is 57.0 cm³/mol. The molecule has 0 N–H and O–H groups in total. The third-order valence-electron chi connectivity index (χ3n) is 3.12. The van der Waals surface area contributed by atoms with Crippen LogP contribution in [0.2, 0.25) is 0 Å². The van der Waals surface area contributed by atoms with E-state index in [-0.39, 0.29) is 0 Å². The summed E-state index contributed by atoms with van der Waals surface area (Å²) in [7, 11) is 0. The second kappa shape index (κ2) is 3.95. The smallest absolute Gasteiger partial charge is 0.0162 e. The average Bonchev–Trinajstić information content (AvgIpc) is 2.19. The van der Waals surface area contributed by atoms with Crippen LogP contribution in [0.1, 0.15) is 49.1 Å². The third kappa shape index (κ3) is 2.12. The largest absolute Gasteiger partial charge is 0.0617 e. The van der Waals surface area contributed by atoms with Gasteiger partial charge in [0.05, 0.1) is 0 Å². The Morgan fingerprint density at radius 1 is 1.08 bits per heavy atom. The topological polar surface area (TPSA) is 0 Å². The lowest BCUT2D eigenvalue weighted by Gasteiger charge is -2.22. The summed E-state index contributed by atoms with van der Waals surface area (Å²) in [6.07, 6.45) is 7.12. The molecule has 0 bridgehead atoms. The van der Waals surface area contributed by atoms with Crippen LogP contribution in [0.25, 0.3) is 0 Å². The van der Waals surface area contributed by atoms with Gasteiger partial charge in [-0.2, -0.15) is 0 Å². The number of benzene rings is 1. The molecule has 0 amide bonds. The van der Waals surface area contributed by atoms with Crippen LogP contribution in [-0.4, -0.2) is 0 Å². The molecule has 13 heavy (non-hydrogen) atoms. The van der Waals surface area contributed by atoms with E-state index in [4.69, 9.17) is 0 Å². The molecule has 1 fully saturated rings. The van der Waals surface area contributed by atoms with E-state index in [1.54, 1.807) is 5.56 Å². The van der Waals surface area contributed by atoms with Gasteiger partial charge in [-0.3, -0.25) is 0 Å². The highest BCUT2D eigenvalue weighted by atomic mass is 14.2. The van der Waals surface area contributed by atoms with E-state index in [0.29, 0.717) is 0 Å². The summed E-state index contributed by atoms with van der Waals surface area (Å²) in [6.45, 7) is 2.19. The highest BCUT2D eigenvalue weighted by Gasteiger charge is 2.14. The van der Waals surface area contributed by atoms with Gasteiger partial charge in [0.1, 0.15) is 0 Å². The van der Waals surface area contributed by atoms with Gasteiger partial charge in [-0.15, -0.1) is 0 Å². The summed E-state index contributed by atoms with van der Waals surface area (Å²) in [5.74, 6) is 0.855. The van der Waals surface area contributed by atoms with Gasteiger partial charge in [0, 0.05) is 0 Å². The fourth-order valence-corrected chi connectivity index (χ4v) is 2.36. The minimum absolute atomic E-state index is 0.855. The van der Waals surface area contributed by atoms with E-state index >= 15 is 0 Å². The van der Waals surface area contributed by atoms with Crippen molar-refractivity contribution < 1.29 is 0 Å². The molecule has 0 saturated heterocycles. The van der Waals surface area contributed by atoms with E-state index in [2.05, 4.69) is 31.2 Å². The van der Waals surface area contributed by atoms with E-state index in [1.165, 1.54) is 37.7 Å². The van der Waals surface area contributed by atoms with Crippen LogP contribution in [0.5, 0.6) is 0 Å². The zero-order valence-electron chi connectivity index (χ0n) is 8.42. The number of rotatable bonds is 1. The van der Waals surface area contributed by atoms with Gasteiger partial charge in [0.25, 0.3) is 0 Å². The molecule has 0 heteroatoms. The van der Waals surface area contributed by atoms with Crippen LogP contribution in [0.4, 0.5) is 0 Å². The maximum absolute atomic E-state index is 2.36. The minimum Gasteiger partial charge on any atom is -0.0617 e. The van der Waals surface area contributed by atoms with Crippen molar-refractivity contribution in [3.05, 3.63) is 35.4 Å². The van der Waals surface area contributed by atoms with Crippen LogP contribution in [-0.2, 0) is 0 Å². The van der Waals surface area contributed by atoms with E-state index < -0.39 is 0 Å². The quantitative estimate of drug-likeness (QED) is 0.602. The van der Waals surface area contributed by atoms with Gasteiger partial charge in [0.2, 0.25) is 0 Å². The molecule has 1 aromatic rings. The molecule has 2 rings (SSSR count). The summed E-state index contributed by atoms with van der Waals surface area (Å²) in [4.78, 5) is 0. The Morgan fingerprint density at radius 2 is 1.85 bits per heavy atom. The molecule has 0 atom stereocenters. The normalized spacial score (nSPS) is 18.8. The Labute approximate surface area is 81.0 Å². The Morgan fingerprint density at radius 3 is 2.54 bits per heavy atom. The van der Waals surface area contributed by atoms with Crippen LogP contribution >= 0.6 is 0 Å². The fourth-order valence-electron chi connectivity index (χ4n) is 2.36. The zero-order chi connectivity index (χ0) is 9.10. The molecule has 0 nitrogen and oxygen atoms in total. The summed E-state index contributed by atoms with van der Waals surface area (Å²) >= 11 is 0. The SMILES string of the molecule is Cc1cccc(C2CCCCC2)c1. The summed E-state index contributed by atoms with van der Waals surface area (Å²) in [6, 6.07) is 9.03. The second-order valence-electron chi connectivity index (χ2n) is 4.25. The molecule has 0 spiro atoms. The number of aryl methyl sites for hydroxylation is 1. The minimum atomic E-state index is 0.855. The molecule has 0 unspecified atom stereocenters. The molecule has 0 aliphatic heterocycles. The van der Waals surface area contributed by atoms with Crippen molar-refractivity contribution in [1.29, 1.82) is 0 Å². The lowest BCUT2D eigenvalue weighted by molar-refractivity contribution is 0.443. The highest BCUT2D eigenvalue weighted by molar-refractivity contribution is 5.25. The number of hydrogen-bond donors (Lipinski definition) is 0. The first-order valence-corrected chi connectivity index (χ1v) is 5.43. The summed E-state index contributed by atoms with van der Waals surface area (Å²) in [5, 5.41) is 0. The molecule has 70 valence electrons. The zero-order valence-corrected chi connectivity index (χ0v) is 8.42. The monoisotopic (exact) mass is 174 g/mol. The lowest BCUT2D eigenvalue weighted by Crippen LogP contribution is -2.04. The first kappa shape index (κ1) is 8.80. The van der Waals surface area contributed by atoms with Gasteiger partial charge in [-0.25, -0.2) is 0 Å². The van der Waals surface area contributed by atoms with Crippen LogP contribution in [0.15, 0.2) is 24.3 Å². The Bertz CT molecular complexity index is 269. The van der Waals surface area contributed by atoms with Gasteiger partial charge >= 0.3 is 0 Å². The lowest BCUT2D eigenvalue weighted by atomic mass is 9.84. The van der Waals surface area contributed by atoms with Crippen LogP contribution < -0.4 is 0 Å². The van der Waals surface area contributed by atoms with Crippen molar-refractivity contribution >= 4 is 0 Å². The molecule has 1 aromatic carbocycles. The Kier molecular flexibility index (Phi) is 2.68. The molecule has 1 aliphatic carbocycles. The molecular formula is C13H18. The van der Waals surface area contributed by atoms with Crippen molar-refractivity contribution in [1.82, 2.24) is 0 Å². The van der Waals surface area contributed by atoms with Gasteiger partial charge in [0.15, 0.2) is 0 Å². The van der Waals surface area contributed by atoms with E-state index in [9.17, 15) is 0 Å². The average molecular weight is 174 g/mol. The van der Waals surface area contributed by atoms with Crippen molar-refractivity contribution in [2.24, 2.45) is 0 Å². The molecular weight excluding hydrogens is 156 g/mol. The summed E-state index contributed by atoms with van der Waals surface area (Å²) in [5.41, 5.74) is 2.97. The maximum Gasteiger partial charge on any atom is -0.0162 e. The maximum atomic E-state index is 2.36. The highest BCUT2D eigenvalue weighted by Crippen LogP contribution is 2.32. The molecule has 0 aromatic heterocycles. The van der Waals surface area contributed by atoms with E-state index in [0.717, 1.165) is 5.92 Å². The first-order chi connectivity index (χ1) is 6.36. The Hall–Kier alpha value is -0.780. The van der Waals surface area contributed by atoms with Crippen molar-refractivity contribution in [2.75, 3.05) is 0 Å². The third-order valence-corrected chi connectivity index (χ3v) is 3.12.